The van der Waals surface area contributed by atoms with Crippen molar-refractivity contribution < 1.29 is 0 Å². The third kappa shape index (κ3) is 1.93. The molecule has 1 aromatic carbocycles. The molecular formula is C14H17N3. The third-order valence-corrected chi connectivity index (χ3v) is 3.39. The minimum absolute atomic E-state index is 0.626. The van der Waals surface area contributed by atoms with Gasteiger partial charge >= 0.3 is 0 Å². The second kappa shape index (κ2) is 3.91. The Kier molecular flexibility index (Phi) is 2.39. The smallest absolute Gasteiger partial charge is 0.207 e. The normalized spacial score (nSPS) is 14.9. The van der Waals surface area contributed by atoms with Crippen molar-refractivity contribution in [3.63, 3.8) is 0 Å². The van der Waals surface area contributed by atoms with Gasteiger partial charge in [-0.25, -0.2) is 4.98 Å². The second-order valence-corrected chi connectivity index (χ2v) is 4.76. The van der Waals surface area contributed by atoms with Crippen LogP contribution in [0.4, 0.5) is 5.95 Å². The van der Waals surface area contributed by atoms with E-state index in [1.165, 1.54) is 29.7 Å². The van der Waals surface area contributed by atoms with E-state index in [0.29, 0.717) is 6.04 Å². The molecule has 0 saturated heterocycles. The Labute approximate surface area is 101 Å². The Morgan fingerprint density at radius 1 is 1.29 bits per heavy atom. The van der Waals surface area contributed by atoms with E-state index in [9.17, 15) is 0 Å². The highest BCUT2D eigenvalue weighted by Gasteiger charge is 2.23. The van der Waals surface area contributed by atoms with E-state index in [4.69, 9.17) is 0 Å². The van der Waals surface area contributed by atoms with Crippen LogP contribution in [-0.2, 0) is 0 Å². The van der Waals surface area contributed by atoms with Crippen LogP contribution in [-0.4, -0.2) is 15.6 Å². The number of imidazole rings is 1. The first-order chi connectivity index (χ1) is 8.25. The second-order valence-electron chi connectivity index (χ2n) is 4.76. The first kappa shape index (κ1) is 10.4. The van der Waals surface area contributed by atoms with Gasteiger partial charge in [0.2, 0.25) is 5.95 Å². The number of hydrogen-bond donors (Lipinski definition) is 1. The molecule has 0 aliphatic heterocycles. The predicted molar refractivity (Wildman–Crippen MR) is 69.7 cm³/mol. The molecule has 1 fully saturated rings. The number of benzene rings is 1. The Hall–Kier alpha value is -1.77. The van der Waals surface area contributed by atoms with E-state index in [0.717, 1.165) is 5.95 Å². The number of nitrogens with one attached hydrogen (secondary N) is 1. The lowest BCUT2D eigenvalue weighted by Gasteiger charge is -2.13. The fourth-order valence-electron chi connectivity index (χ4n) is 2.01. The van der Waals surface area contributed by atoms with Crippen LogP contribution in [0.2, 0.25) is 0 Å². The van der Waals surface area contributed by atoms with Crippen molar-refractivity contribution in [2.45, 2.75) is 32.7 Å². The minimum atomic E-state index is 0.626. The molecule has 1 aliphatic rings. The molecule has 0 bridgehead atoms. The van der Waals surface area contributed by atoms with E-state index in [1.54, 1.807) is 0 Å². The van der Waals surface area contributed by atoms with E-state index in [-0.39, 0.29) is 0 Å². The van der Waals surface area contributed by atoms with E-state index >= 15 is 0 Å². The van der Waals surface area contributed by atoms with Crippen molar-refractivity contribution in [2.75, 3.05) is 5.32 Å². The van der Waals surface area contributed by atoms with Gasteiger partial charge in [0.05, 0.1) is 5.69 Å². The van der Waals surface area contributed by atoms with Crippen molar-refractivity contribution in [1.29, 1.82) is 0 Å². The van der Waals surface area contributed by atoms with Gasteiger partial charge in [0.15, 0.2) is 0 Å². The molecule has 0 radical (unpaired) electrons. The van der Waals surface area contributed by atoms with Gasteiger partial charge in [-0.3, -0.25) is 4.57 Å². The maximum absolute atomic E-state index is 4.40. The van der Waals surface area contributed by atoms with Crippen LogP contribution in [0.15, 0.2) is 30.6 Å². The summed E-state index contributed by atoms with van der Waals surface area (Å²) in [7, 11) is 0. The lowest BCUT2D eigenvalue weighted by atomic mass is 10.1. The molecule has 17 heavy (non-hydrogen) atoms. The molecule has 3 heteroatoms. The van der Waals surface area contributed by atoms with Crippen LogP contribution in [0.3, 0.4) is 0 Å². The van der Waals surface area contributed by atoms with E-state index < -0.39 is 0 Å². The van der Waals surface area contributed by atoms with Crippen molar-refractivity contribution >= 4 is 5.95 Å². The molecule has 0 unspecified atom stereocenters. The van der Waals surface area contributed by atoms with Gasteiger partial charge in [0.1, 0.15) is 0 Å². The van der Waals surface area contributed by atoms with Gasteiger partial charge in [-0.15, -0.1) is 0 Å². The summed E-state index contributed by atoms with van der Waals surface area (Å²) in [5.74, 6) is 0.959. The highest BCUT2D eigenvalue weighted by atomic mass is 15.2. The number of aromatic nitrogens is 2. The summed E-state index contributed by atoms with van der Waals surface area (Å²) in [6, 6.07) is 7.01. The fourth-order valence-corrected chi connectivity index (χ4v) is 2.01. The molecule has 1 N–H and O–H groups in total. The largest absolute Gasteiger partial charge is 0.353 e. The highest BCUT2D eigenvalue weighted by molar-refractivity contribution is 5.50. The molecule has 1 heterocycles. The topological polar surface area (TPSA) is 29.9 Å². The monoisotopic (exact) mass is 227 g/mol. The predicted octanol–water partition coefficient (Wildman–Crippen LogP) is 3.06. The molecular weight excluding hydrogens is 210 g/mol. The number of rotatable bonds is 3. The molecule has 1 aliphatic carbocycles. The summed E-state index contributed by atoms with van der Waals surface area (Å²) in [6.07, 6.45) is 6.40. The fraction of sp³-hybridized carbons (Fsp3) is 0.357. The van der Waals surface area contributed by atoms with E-state index in [2.05, 4.69) is 46.9 Å². The Balaban J connectivity index is 2.02. The average molecular weight is 227 g/mol. The summed E-state index contributed by atoms with van der Waals surface area (Å²) < 4.78 is 2.14. The summed E-state index contributed by atoms with van der Waals surface area (Å²) in [5, 5.41) is 3.46. The van der Waals surface area contributed by atoms with Crippen LogP contribution >= 0.6 is 0 Å². The Morgan fingerprint density at radius 2 is 2.12 bits per heavy atom. The zero-order chi connectivity index (χ0) is 11.8. The number of hydrogen-bond acceptors (Lipinski definition) is 2. The Bertz CT molecular complexity index is 538. The summed E-state index contributed by atoms with van der Waals surface area (Å²) in [4.78, 5) is 4.40. The van der Waals surface area contributed by atoms with Gasteiger partial charge < -0.3 is 5.32 Å². The molecule has 1 aromatic heterocycles. The van der Waals surface area contributed by atoms with Crippen LogP contribution < -0.4 is 5.32 Å². The summed E-state index contributed by atoms with van der Waals surface area (Å²) >= 11 is 0. The molecule has 2 aromatic rings. The van der Waals surface area contributed by atoms with Crippen LogP contribution in [0, 0.1) is 13.8 Å². The van der Waals surface area contributed by atoms with Crippen LogP contribution in [0.5, 0.6) is 0 Å². The molecule has 3 nitrogen and oxygen atoms in total. The SMILES string of the molecule is Cc1cccc(-n2ccnc2NC2CC2)c1C. The number of nitrogens with zero attached hydrogens (tertiary/aromatic N) is 2. The number of aryl methyl sites for hydroxylation is 1. The third-order valence-electron chi connectivity index (χ3n) is 3.39. The molecule has 1 saturated carbocycles. The van der Waals surface area contributed by atoms with Crippen LogP contribution in [0.25, 0.3) is 5.69 Å². The zero-order valence-electron chi connectivity index (χ0n) is 10.3. The van der Waals surface area contributed by atoms with Gasteiger partial charge in [-0.05, 0) is 43.9 Å². The first-order valence-electron chi connectivity index (χ1n) is 6.12. The Morgan fingerprint density at radius 3 is 2.88 bits per heavy atom. The molecule has 0 spiro atoms. The first-order valence-corrected chi connectivity index (χ1v) is 6.12. The quantitative estimate of drug-likeness (QED) is 0.873. The van der Waals surface area contributed by atoms with Gasteiger partial charge in [0, 0.05) is 18.4 Å². The minimum Gasteiger partial charge on any atom is -0.353 e. The van der Waals surface area contributed by atoms with Crippen molar-refractivity contribution in [2.24, 2.45) is 0 Å². The van der Waals surface area contributed by atoms with E-state index in [1.807, 2.05) is 12.4 Å². The zero-order valence-corrected chi connectivity index (χ0v) is 10.3. The number of anilines is 1. The highest BCUT2D eigenvalue weighted by Crippen LogP contribution is 2.26. The van der Waals surface area contributed by atoms with Crippen molar-refractivity contribution in [3.8, 4) is 5.69 Å². The van der Waals surface area contributed by atoms with Crippen molar-refractivity contribution in [1.82, 2.24) is 9.55 Å². The van der Waals surface area contributed by atoms with Gasteiger partial charge in [-0.2, -0.15) is 0 Å². The maximum atomic E-state index is 4.40. The van der Waals surface area contributed by atoms with Gasteiger partial charge in [0.25, 0.3) is 0 Å². The van der Waals surface area contributed by atoms with Crippen LogP contribution in [0.1, 0.15) is 24.0 Å². The maximum Gasteiger partial charge on any atom is 0.207 e. The van der Waals surface area contributed by atoms with Gasteiger partial charge in [-0.1, -0.05) is 12.1 Å². The molecule has 88 valence electrons. The lowest BCUT2D eigenvalue weighted by Crippen LogP contribution is -2.08. The molecule has 3 rings (SSSR count). The lowest BCUT2D eigenvalue weighted by molar-refractivity contribution is 0.990. The molecule has 0 amide bonds. The van der Waals surface area contributed by atoms with Crippen molar-refractivity contribution in [3.05, 3.63) is 41.7 Å². The average Bonchev–Trinajstić information content (AvgIpc) is 3.01. The summed E-state index contributed by atoms with van der Waals surface area (Å²) in [5.41, 5.74) is 3.84. The molecule has 0 atom stereocenters. The standard InChI is InChI=1S/C14H17N3/c1-10-4-3-5-13(11(10)2)17-9-8-15-14(17)16-12-6-7-12/h3-5,8-9,12H,6-7H2,1-2H3,(H,15,16). The summed E-state index contributed by atoms with van der Waals surface area (Å²) in [6.45, 7) is 4.30.